The summed E-state index contributed by atoms with van der Waals surface area (Å²) >= 11 is 5.88. The summed E-state index contributed by atoms with van der Waals surface area (Å²) in [6, 6.07) is 7.65. The van der Waals surface area contributed by atoms with Gasteiger partial charge < -0.3 is 5.73 Å². The molecule has 0 saturated carbocycles. The van der Waals surface area contributed by atoms with Crippen LogP contribution >= 0.6 is 11.6 Å². The number of rotatable bonds is 2. The maximum Gasteiger partial charge on any atom is 0.132 e. The van der Waals surface area contributed by atoms with Crippen molar-refractivity contribution >= 4 is 17.3 Å². The number of hydrogen-bond donors (Lipinski definition) is 1. The lowest BCUT2D eigenvalue weighted by molar-refractivity contribution is 0.971. The average Bonchev–Trinajstić information content (AvgIpc) is 2.22. The summed E-state index contributed by atoms with van der Waals surface area (Å²) in [5.41, 5.74) is 7.16. The quantitative estimate of drug-likeness (QED) is 0.843. The molecule has 0 unspecified atom stereocenters. The van der Waals surface area contributed by atoms with Gasteiger partial charge in [-0.1, -0.05) is 23.7 Å². The Morgan fingerprint density at radius 3 is 2.60 bits per heavy atom. The maximum atomic E-state index is 5.88. The van der Waals surface area contributed by atoms with Gasteiger partial charge in [0.15, 0.2) is 0 Å². The topological polar surface area (TPSA) is 51.8 Å². The maximum absolute atomic E-state index is 5.88. The lowest BCUT2D eigenvalue weighted by Crippen LogP contribution is -1.97. The first-order valence-electron chi connectivity index (χ1n) is 4.55. The molecule has 0 saturated heterocycles. The van der Waals surface area contributed by atoms with Gasteiger partial charge in [0, 0.05) is 11.4 Å². The van der Waals surface area contributed by atoms with Crippen LogP contribution in [0.3, 0.4) is 0 Å². The smallest absolute Gasteiger partial charge is 0.132 e. The number of benzene rings is 1. The van der Waals surface area contributed by atoms with Crippen molar-refractivity contribution < 1.29 is 0 Å². The molecule has 2 rings (SSSR count). The highest BCUT2D eigenvalue weighted by molar-refractivity contribution is 6.30. The Kier molecular flexibility index (Phi) is 2.83. The largest absolute Gasteiger partial charge is 0.396 e. The molecule has 0 amide bonds. The Bertz CT molecular complexity index is 454. The van der Waals surface area contributed by atoms with Gasteiger partial charge in [-0.15, -0.1) is 0 Å². The Morgan fingerprint density at radius 2 is 1.93 bits per heavy atom. The van der Waals surface area contributed by atoms with E-state index in [4.69, 9.17) is 17.3 Å². The molecule has 3 nitrogen and oxygen atoms in total. The van der Waals surface area contributed by atoms with E-state index in [1.807, 2.05) is 24.3 Å². The zero-order valence-corrected chi connectivity index (χ0v) is 8.78. The third-order valence-corrected chi connectivity index (χ3v) is 2.21. The SMILES string of the molecule is Nc1cnc(Cc2cccc(Cl)c2)nc1. The first-order valence-corrected chi connectivity index (χ1v) is 4.93. The fourth-order valence-electron chi connectivity index (χ4n) is 1.29. The molecule has 76 valence electrons. The highest BCUT2D eigenvalue weighted by atomic mass is 35.5. The molecule has 2 N–H and O–H groups in total. The normalized spacial score (nSPS) is 10.2. The van der Waals surface area contributed by atoms with Crippen LogP contribution in [0, 0.1) is 0 Å². The van der Waals surface area contributed by atoms with Gasteiger partial charge in [-0.2, -0.15) is 0 Å². The molecule has 0 bridgehead atoms. The summed E-state index contributed by atoms with van der Waals surface area (Å²) in [6.07, 6.45) is 3.88. The van der Waals surface area contributed by atoms with Gasteiger partial charge in [-0.25, -0.2) is 9.97 Å². The minimum absolute atomic E-state index is 0.574. The Hall–Kier alpha value is -1.61. The van der Waals surface area contributed by atoms with Crippen molar-refractivity contribution in [1.29, 1.82) is 0 Å². The van der Waals surface area contributed by atoms with Crippen LogP contribution in [0.15, 0.2) is 36.7 Å². The van der Waals surface area contributed by atoms with Gasteiger partial charge in [0.1, 0.15) is 5.82 Å². The van der Waals surface area contributed by atoms with Crippen LogP contribution in [0.4, 0.5) is 5.69 Å². The van der Waals surface area contributed by atoms with Crippen molar-refractivity contribution in [2.75, 3.05) is 5.73 Å². The van der Waals surface area contributed by atoms with Gasteiger partial charge in [-0.3, -0.25) is 0 Å². The number of nitrogens with zero attached hydrogens (tertiary/aromatic N) is 2. The molecule has 0 aliphatic rings. The van der Waals surface area contributed by atoms with Gasteiger partial charge in [-0.05, 0) is 17.7 Å². The number of nitrogens with two attached hydrogens (primary N) is 1. The zero-order valence-electron chi connectivity index (χ0n) is 8.02. The van der Waals surface area contributed by atoms with Crippen LogP contribution in [-0.4, -0.2) is 9.97 Å². The summed E-state index contributed by atoms with van der Waals surface area (Å²) in [6.45, 7) is 0. The lowest BCUT2D eigenvalue weighted by Gasteiger charge is -2.01. The van der Waals surface area contributed by atoms with Crippen molar-refractivity contribution in [3.8, 4) is 0 Å². The summed E-state index contributed by atoms with van der Waals surface area (Å²) in [4.78, 5) is 8.25. The third kappa shape index (κ3) is 2.67. The Labute approximate surface area is 92.9 Å². The highest BCUT2D eigenvalue weighted by Gasteiger charge is 1.99. The number of aromatic nitrogens is 2. The molecule has 1 heterocycles. The molecule has 0 aliphatic heterocycles. The van der Waals surface area contributed by atoms with E-state index >= 15 is 0 Å². The number of anilines is 1. The second-order valence-electron chi connectivity index (χ2n) is 3.24. The van der Waals surface area contributed by atoms with Gasteiger partial charge in [0.2, 0.25) is 0 Å². The molecule has 2 aromatic rings. The predicted molar refractivity (Wildman–Crippen MR) is 60.7 cm³/mol. The van der Waals surface area contributed by atoms with E-state index in [1.54, 1.807) is 12.4 Å². The van der Waals surface area contributed by atoms with E-state index < -0.39 is 0 Å². The zero-order chi connectivity index (χ0) is 10.7. The summed E-state index contributed by atoms with van der Waals surface area (Å²) in [5.74, 6) is 0.742. The predicted octanol–water partition coefficient (Wildman–Crippen LogP) is 2.30. The standard InChI is InChI=1S/C11H10ClN3/c12-9-3-1-2-8(4-9)5-11-14-6-10(13)7-15-11/h1-4,6-7H,5,13H2. The molecular formula is C11H10ClN3. The second kappa shape index (κ2) is 4.28. The molecule has 1 aromatic carbocycles. The van der Waals surface area contributed by atoms with Gasteiger partial charge >= 0.3 is 0 Å². The molecule has 15 heavy (non-hydrogen) atoms. The van der Waals surface area contributed by atoms with Gasteiger partial charge in [0.05, 0.1) is 18.1 Å². The number of halogens is 1. The monoisotopic (exact) mass is 219 g/mol. The fraction of sp³-hybridized carbons (Fsp3) is 0.0909. The van der Waals surface area contributed by atoms with Crippen molar-refractivity contribution in [2.45, 2.75) is 6.42 Å². The van der Waals surface area contributed by atoms with Gasteiger partial charge in [0.25, 0.3) is 0 Å². The van der Waals surface area contributed by atoms with Crippen LogP contribution in [0.1, 0.15) is 11.4 Å². The van der Waals surface area contributed by atoms with E-state index in [9.17, 15) is 0 Å². The fourth-order valence-corrected chi connectivity index (χ4v) is 1.50. The van der Waals surface area contributed by atoms with Crippen molar-refractivity contribution in [3.63, 3.8) is 0 Å². The van der Waals surface area contributed by atoms with E-state index in [2.05, 4.69) is 9.97 Å². The van der Waals surface area contributed by atoms with Crippen LogP contribution in [0.25, 0.3) is 0 Å². The summed E-state index contributed by atoms with van der Waals surface area (Å²) < 4.78 is 0. The van der Waals surface area contributed by atoms with Crippen LogP contribution < -0.4 is 5.73 Å². The number of nitrogen functional groups attached to an aromatic ring is 1. The minimum atomic E-state index is 0.574. The first kappa shape index (κ1) is 9.93. The summed E-state index contributed by atoms with van der Waals surface area (Å²) in [5, 5.41) is 0.725. The van der Waals surface area contributed by atoms with Crippen LogP contribution in [0.2, 0.25) is 5.02 Å². The van der Waals surface area contributed by atoms with E-state index in [-0.39, 0.29) is 0 Å². The summed E-state index contributed by atoms with van der Waals surface area (Å²) in [7, 11) is 0. The van der Waals surface area contributed by atoms with Crippen molar-refractivity contribution in [3.05, 3.63) is 53.1 Å². The second-order valence-corrected chi connectivity index (χ2v) is 3.68. The first-order chi connectivity index (χ1) is 7.24. The van der Waals surface area contributed by atoms with E-state index in [0.29, 0.717) is 12.1 Å². The van der Waals surface area contributed by atoms with Crippen LogP contribution in [0.5, 0.6) is 0 Å². The van der Waals surface area contributed by atoms with E-state index in [1.165, 1.54) is 0 Å². The lowest BCUT2D eigenvalue weighted by atomic mass is 10.1. The molecule has 0 atom stereocenters. The molecular weight excluding hydrogens is 210 g/mol. The van der Waals surface area contributed by atoms with E-state index in [0.717, 1.165) is 16.4 Å². The molecule has 4 heteroatoms. The number of hydrogen-bond acceptors (Lipinski definition) is 3. The molecule has 0 aliphatic carbocycles. The van der Waals surface area contributed by atoms with Crippen molar-refractivity contribution in [1.82, 2.24) is 9.97 Å². The Balaban J connectivity index is 2.18. The highest BCUT2D eigenvalue weighted by Crippen LogP contribution is 2.13. The molecule has 0 spiro atoms. The minimum Gasteiger partial charge on any atom is -0.396 e. The third-order valence-electron chi connectivity index (χ3n) is 1.98. The molecule has 0 radical (unpaired) electrons. The molecule has 1 aromatic heterocycles. The molecule has 0 fully saturated rings. The Morgan fingerprint density at radius 1 is 1.20 bits per heavy atom. The average molecular weight is 220 g/mol. The van der Waals surface area contributed by atoms with Crippen molar-refractivity contribution in [2.24, 2.45) is 0 Å². The van der Waals surface area contributed by atoms with Crippen LogP contribution in [-0.2, 0) is 6.42 Å².